The lowest BCUT2D eigenvalue weighted by Gasteiger charge is -2.04. The molecule has 3 nitrogen and oxygen atoms in total. The van der Waals surface area contributed by atoms with Crippen molar-refractivity contribution in [1.82, 2.24) is 4.98 Å². The van der Waals surface area contributed by atoms with Crippen LogP contribution < -0.4 is 0 Å². The third-order valence-corrected chi connectivity index (χ3v) is 4.59. The fraction of sp³-hybridized carbons (Fsp3) is 0.300. The number of hydrogen-bond acceptors (Lipinski definition) is 4. The van der Waals surface area contributed by atoms with Crippen LogP contribution in [0.25, 0.3) is 0 Å². The van der Waals surface area contributed by atoms with Gasteiger partial charge in [0.25, 0.3) is 0 Å². The summed E-state index contributed by atoms with van der Waals surface area (Å²) in [5, 5.41) is 12.9. The Bertz CT molecular complexity index is 475. The van der Waals surface area contributed by atoms with Gasteiger partial charge < -0.3 is 9.52 Å². The van der Waals surface area contributed by atoms with Gasteiger partial charge in [-0.25, -0.2) is 4.98 Å². The van der Waals surface area contributed by atoms with Crippen LogP contribution in [0.1, 0.15) is 22.6 Å². The number of aliphatic hydroxyl groups is 1. The number of nitrogens with zero attached hydrogens (tertiary/aromatic N) is 1. The topological polar surface area (TPSA) is 46.3 Å². The van der Waals surface area contributed by atoms with Gasteiger partial charge in [-0.2, -0.15) is 0 Å². The first-order valence-corrected chi connectivity index (χ1v) is 7.06. The van der Waals surface area contributed by atoms with Gasteiger partial charge in [-0.1, -0.05) is 0 Å². The second-order valence-corrected chi connectivity index (χ2v) is 5.98. The molecule has 1 N–H and O–H groups in total. The van der Waals surface area contributed by atoms with Crippen molar-refractivity contribution in [3.63, 3.8) is 0 Å². The molecule has 0 amide bonds. The molecule has 2 aromatic heterocycles. The quantitative estimate of drug-likeness (QED) is 0.897. The average Bonchev–Trinajstić information content (AvgIpc) is 2.75. The largest absolute Gasteiger partial charge is 0.450 e. The van der Waals surface area contributed by atoms with Gasteiger partial charge in [0.15, 0.2) is 4.67 Å². The minimum atomic E-state index is -0.663. The second-order valence-electron chi connectivity index (χ2n) is 3.35. The molecule has 0 aliphatic carbocycles. The summed E-state index contributed by atoms with van der Waals surface area (Å²) >= 11 is 8.12. The van der Waals surface area contributed by atoms with Crippen LogP contribution in [-0.2, 0) is 6.42 Å². The molecule has 0 bridgehead atoms. The van der Waals surface area contributed by atoms with Gasteiger partial charge in [0, 0.05) is 11.8 Å². The first kappa shape index (κ1) is 12.3. The third-order valence-electron chi connectivity index (χ3n) is 2.06. The zero-order valence-corrected chi connectivity index (χ0v) is 12.4. The van der Waals surface area contributed by atoms with E-state index < -0.39 is 6.10 Å². The Morgan fingerprint density at radius 3 is 2.81 bits per heavy atom. The monoisotopic (exact) mass is 365 g/mol. The van der Waals surface area contributed by atoms with Crippen LogP contribution in [0.2, 0.25) is 0 Å². The summed E-state index contributed by atoms with van der Waals surface area (Å²) in [6, 6.07) is 1.76. The van der Waals surface area contributed by atoms with E-state index in [0.717, 1.165) is 15.2 Å². The van der Waals surface area contributed by atoms with E-state index in [1.165, 1.54) is 0 Å². The highest BCUT2D eigenvalue weighted by atomic mass is 79.9. The number of aliphatic hydroxyl groups excluding tert-OH is 1. The van der Waals surface area contributed by atoms with Gasteiger partial charge in [-0.3, -0.25) is 0 Å². The number of furan rings is 1. The highest BCUT2D eigenvalue weighted by Gasteiger charge is 2.16. The maximum atomic E-state index is 9.95. The van der Waals surface area contributed by atoms with Crippen molar-refractivity contribution in [3.05, 3.63) is 37.1 Å². The number of hydrogen-bond donors (Lipinski definition) is 1. The highest BCUT2D eigenvalue weighted by Crippen LogP contribution is 2.31. The predicted molar refractivity (Wildman–Crippen MR) is 69.6 cm³/mol. The summed E-state index contributed by atoms with van der Waals surface area (Å²) in [7, 11) is 0. The summed E-state index contributed by atoms with van der Waals surface area (Å²) in [6.07, 6.45) is -0.194. The average molecular weight is 367 g/mol. The predicted octanol–water partition coefficient (Wildman–Crippen LogP) is 3.85. The van der Waals surface area contributed by atoms with Crippen molar-refractivity contribution in [1.29, 1.82) is 0 Å². The number of aromatic nitrogens is 1. The SMILES string of the molecule is Cc1nc(CC(O)c2cc(Br)c(Br)o2)cs1. The Hall–Kier alpha value is -0.170. The zero-order chi connectivity index (χ0) is 11.7. The van der Waals surface area contributed by atoms with Crippen LogP contribution in [0, 0.1) is 6.92 Å². The summed E-state index contributed by atoms with van der Waals surface area (Å²) in [5.74, 6) is 0.532. The number of aryl methyl sites for hydroxylation is 1. The van der Waals surface area contributed by atoms with Gasteiger partial charge in [-0.15, -0.1) is 11.3 Å². The van der Waals surface area contributed by atoms with Crippen LogP contribution in [-0.4, -0.2) is 10.1 Å². The highest BCUT2D eigenvalue weighted by molar-refractivity contribution is 9.13. The molecule has 0 saturated heterocycles. The Morgan fingerprint density at radius 2 is 2.31 bits per heavy atom. The molecule has 1 atom stereocenters. The molecule has 6 heteroatoms. The van der Waals surface area contributed by atoms with Crippen molar-refractivity contribution in [2.24, 2.45) is 0 Å². The lowest BCUT2D eigenvalue weighted by atomic mass is 10.2. The molecule has 0 radical (unpaired) electrons. The van der Waals surface area contributed by atoms with Crippen molar-refractivity contribution in [2.75, 3.05) is 0 Å². The van der Waals surface area contributed by atoms with Gasteiger partial charge in [-0.05, 0) is 44.8 Å². The van der Waals surface area contributed by atoms with Crippen LogP contribution in [0.3, 0.4) is 0 Å². The van der Waals surface area contributed by atoms with E-state index in [-0.39, 0.29) is 0 Å². The van der Waals surface area contributed by atoms with Crippen LogP contribution in [0.4, 0.5) is 0 Å². The smallest absolute Gasteiger partial charge is 0.183 e. The molecule has 1 unspecified atom stereocenters. The van der Waals surface area contributed by atoms with Gasteiger partial charge >= 0.3 is 0 Å². The zero-order valence-electron chi connectivity index (χ0n) is 8.41. The first-order valence-electron chi connectivity index (χ1n) is 4.60. The van der Waals surface area contributed by atoms with E-state index in [1.807, 2.05) is 12.3 Å². The molecule has 0 spiro atoms. The number of rotatable bonds is 3. The molecule has 0 saturated carbocycles. The van der Waals surface area contributed by atoms with Gasteiger partial charge in [0.05, 0.1) is 15.2 Å². The molecule has 0 aliphatic rings. The fourth-order valence-corrected chi connectivity index (χ4v) is 2.56. The molecule has 0 fully saturated rings. The van der Waals surface area contributed by atoms with E-state index in [9.17, 15) is 5.11 Å². The Morgan fingerprint density at radius 1 is 1.56 bits per heavy atom. The van der Waals surface area contributed by atoms with Crippen molar-refractivity contribution in [2.45, 2.75) is 19.4 Å². The van der Waals surface area contributed by atoms with E-state index in [1.54, 1.807) is 17.4 Å². The molecule has 86 valence electrons. The normalized spacial score (nSPS) is 13.0. The minimum Gasteiger partial charge on any atom is -0.450 e. The van der Waals surface area contributed by atoms with Crippen molar-refractivity contribution < 1.29 is 9.52 Å². The lowest BCUT2D eigenvalue weighted by Crippen LogP contribution is -2.00. The molecule has 2 heterocycles. The molecular formula is C10H9Br2NO2S. The first-order chi connectivity index (χ1) is 7.56. The molecule has 0 aromatic carbocycles. The summed E-state index contributed by atoms with van der Waals surface area (Å²) in [4.78, 5) is 4.30. The summed E-state index contributed by atoms with van der Waals surface area (Å²) in [5.41, 5.74) is 0.888. The summed E-state index contributed by atoms with van der Waals surface area (Å²) < 4.78 is 6.75. The van der Waals surface area contributed by atoms with Gasteiger partial charge in [0.1, 0.15) is 11.9 Å². The molecule has 2 rings (SSSR count). The Kier molecular flexibility index (Phi) is 3.84. The second kappa shape index (κ2) is 5.00. The molecule has 16 heavy (non-hydrogen) atoms. The fourth-order valence-electron chi connectivity index (χ4n) is 1.33. The minimum absolute atomic E-state index is 0.469. The van der Waals surface area contributed by atoms with Crippen LogP contribution in [0.5, 0.6) is 0 Å². The Labute approximate surface area is 114 Å². The standard InChI is InChI=1S/C10H9Br2NO2S/c1-5-13-6(4-16-5)2-8(14)9-3-7(11)10(12)15-9/h3-4,8,14H,2H2,1H3. The van der Waals surface area contributed by atoms with Crippen LogP contribution in [0.15, 0.2) is 25.0 Å². The van der Waals surface area contributed by atoms with Crippen LogP contribution >= 0.6 is 43.2 Å². The van der Waals surface area contributed by atoms with E-state index in [4.69, 9.17) is 4.42 Å². The number of thiazole rings is 1. The van der Waals surface area contributed by atoms with E-state index >= 15 is 0 Å². The van der Waals surface area contributed by atoms with E-state index in [2.05, 4.69) is 36.8 Å². The van der Waals surface area contributed by atoms with Gasteiger partial charge in [0.2, 0.25) is 0 Å². The maximum absolute atomic E-state index is 9.95. The third kappa shape index (κ3) is 2.74. The number of halogens is 2. The Balaban J connectivity index is 2.11. The van der Waals surface area contributed by atoms with Crippen molar-refractivity contribution in [3.8, 4) is 0 Å². The van der Waals surface area contributed by atoms with E-state index in [0.29, 0.717) is 16.9 Å². The summed E-state index contributed by atoms with van der Waals surface area (Å²) in [6.45, 7) is 1.95. The van der Waals surface area contributed by atoms with Crippen molar-refractivity contribution >= 4 is 43.2 Å². The lowest BCUT2D eigenvalue weighted by molar-refractivity contribution is 0.148. The molecule has 0 aliphatic heterocycles. The molecular weight excluding hydrogens is 358 g/mol. The molecule has 2 aromatic rings. The maximum Gasteiger partial charge on any atom is 0.183 e.